The summed E-state index contributed by atoms with van der Waals surface area (Å²) < 4.78 is 16.6. The molecular weight excluding hydrogens is 390 g/mol. The van der Waals surface area contributed by atoms with Crippen molar-refractivity contribution in [3.05, 3.63) is 58.8 Å². The maximum absolute atomic E-state index is 13.1. The Balaban J connectivity index is 1.81. The molecule has 0 fully saturated rings. The first-order valence-electron chi connectivity index (χ1n) is 7.97. The number of hydrogen-bond acceptors (Lipinski definition) is 7. The van der Waals surface area contributed by atoms with Crippen molar-refractivity contribution in [1.82, 2.24) is 10.1 Å². The van der Waals surface area contributed by atoms with Gasteiger partial charge in [0.2, 0.25) is 5.76 Å². The number of halogens is 1. The van der Waals surface area contributed by atoms with Gasteiger partial charge < -0.3 is 13.7 Å². The Bertz CT molecular complexity index is 1100. The number of hydrogen-bond donors (Lipinski definition) is 0. The largest absolute Gasteiger partial charge is 0.494 e. The zero-order valence-electron chi connectivity index (χ0n) is 14.4. The maximum Gasteiger partial charge on any atom is 0.299 e. The minimum Gasteiger partial charge on any atom is -0.494 e. The lowest BCUT2D eigenvalue weighted by Crippen LogP contribution is -2.29. The van der Waals surface area contributed by atoms with Crippen LogP contribution in [0.4, 0.5) is 5.13 Å². The standard InChI is InChI=1S/C18H14ClN3O4S/c1-10-8-14(26-21-10)17(23)22(9-11-4-3-7-25-11)18-20-15-13(24-2)6-5-12(19)16(15)27-18/h3-8H,9H2,1-2H3. The topological polar surface area (TPSA) is 81.6 Å². The highest BCUT2D eigenvalue weighted by molar-refractivity contribution is 7.23. The zero-order chi connectivity index (χ0) is 19.0. The molecule has 0 radical (unpaired) electrons. The van der Waals surface area contributed by atoms with Gasteiger partial charge in [0.25, 0.3) is 5.91 Å². The van der Waals surface area contributed by atoms with Gasteiger partial charge in [0.15, 0.2) is 5.13 Å². The predicted molar refractivity (Wildman–Crippen MR) is 102 cm³/mol. The van der Waals surface area contributed by atoms with E-state index in [1.165, 1.54) is 16.2 Å². The lowest BCUT2D eigenvalue weighted by atomic mass is 10.3. The summed E-state index contributed by atoms with van der Waals surface area (Å²) in [5.74, 6) is 0.937. The molecule has 3 heterocycles. The van der Waals surface area contributed by atoms with Crippen LogP contribution in [0.5, 0.6) is 5.75 Å². The van der Waals surface area contributed by atoms with Crippen molar-refractivity contribution in [1.29, 1.82) is 0 Å². The van der Waals surface area contributed by atoms with E-state index in [4.69, 9.17) is 25.3 Å². The van der Waals surface area contributed by atoms with E-state index in [2.05, 4.69) is 10.1 Å². The fourth-order valence-corrected chi connectivity index (χ4v) is 3.86. The Morgan fingerprint density at radius 1 is 1.37 bits per heavy atom. The van der Waals surface area contributed by atoms with E-state index < -0.39 is 0 Å². The van der Waals surface area contributed by atoms with Crippen LogP contribution in [-0.4, -0.2) is 23.2 Å². The molecule has 1 aromatic carbocycles. The highest BCUT2D eigenvalue weighted by Gasteiger charge is 2.26. The number of carbonyl (C=O) groups is 1. The van der Waals surface area contributed by atoms with Crippen molar-refractivity contribution in [3.63, 3.8) is 0 Å². The fourth-order valence-electron chi connectivity index (χ4n) is 2.60. The summed E-state index contributed by atoms with van der Waals surface area (Å²) in [4.78, 5) is 19.1. The fraction of sp³-hybridized carbons (Fsp3) is 0.167. The molecule has 7 nitrogen and oxygen atoms in total. The van der Waals surface area contributed by atoms with Gasteiger partial charge in [-0.2, -0.15) is 0 Å². The number of amides is 1. The van der Waals surface area contributed by atoms with Crippen LogP contribution < -0.4 is 9.64 Å². The third-order valence-corrected chi connectivity index (χ3v) is 5.41. The molecule has 4 aromatic rings. The molecule has 27 heavy (non-hydrogen) atoms. The van der Waals surface area contributed by atoms with Crippen molar-refractivity contribution in [2.75, 3.05) is 12.0 Å². The monoisotopic (exact) mass is 403 g/mol. The van der Waals surface area contributed by atoms with Crippen molar-refractivity contribution < 1.29 is 18.5 Å². The smallest absolute Gasteiger partial charge is 0.299 e. The molecule has 4 rings (SSSR count). The van der Waals surface area contributed by atoms with Crippen LogP contribution in [0.15, 0.2) is 45.5 Å². The highest BCUT2D eigenvalue weighted by Crippen LogP contribution is 2.39. The Morgan fingerprint density at radius 2 is 2.22 bits per heavy atom. The quantitative estimate of drug-likeness (QED) is 0.480. The number of benzene rings is 1. The second-order valence-corrected chi connectivity index (χ2v) is 7.11. The summed E-state index contributed by atoms with van der Waals surface area (Å²) >= 11 is 7.60. The summed E-state index contributed by atoms with van der Waals surface area (Å²) in [7, 11) is 1.56. The molecule has 0 saturated carbocycles. The number of ether oxygens (including phenoxy) is 1. The van der Waals surface area contributed by atoms with Gasteiger partial charge in [0.1, 0.15) is 17.0 Å². The molecule has 0 unspecified atom stereocenters. The number of aromatic nitrogens is 2. The average Bonchev–Trinajstić information content (AvgIpc) is 3.40. The first kappa shape index (κ1) is 17.6. The predicted octanol–water partition coefficient (Wildman–Crippen LogP) is 4.69. The third kappa shape index (κ3) is 3.29. The summed E-state index contributed by atoms with van der Waals surface area (Å²) in [5.41, 5.74) is 1.21. The van der Waals surface area contributed by atoms with Gasteiger partial charge in [0.05, 0.1) is 35.3 Å². The molecule has 0 aliphatic heterocycles. The zero-order valence-corrected chi connectivity index (χ0v) is 16.0. The highest BCUT2D eigenvalue weighted by atomic mass is 35.5. The van der Waals surface area contributed by atoms with Crippen LogP contribution in [0.25, 0.3) is 10.2 Å². The van der Waals surface area contributed by atoms with Crippen molar-refractivity contribution in [3.8, 4) is 5.75 Å². The molecular formula is C18H14ClN3O4S. The van der Waals surface area contributed by atoms with Crippen molar-refractivity contribution in [2.24, 2.45) is 0 Å². The number of carbonyl (C=O) groups excluding carboxylic acids is 1. The Kier molecular flexibility index (Phi) is 4.59. The van der Waals surface area contributed by atoms with Crippen molar-refractivity contribution >= 4 is 44.2 Å². The van der Waals surface area contributed by atoms with E-state index in [0.29, 0.717) is 32.9 Å². The molecule has 0 N–H and O–H groups in total. The summed E-state index contributed by atoms with van der Waals surface area (Å²) in [6.07, 6.45) is 1.55. The number of methoxy groups -OCH3 is 1. The third-order valence-electron chi connectivity index (χ3n) is 3.88. The lowest BCUT2D eigenvalue weighted by molar-refractivity contribution is 0.0947. The number of furan rings is 1. The van der Waals surface area contributed by atoms with Gasteiger partial charge in [-0.15, -0.1) is 0 Å². The Morgan fingerprint density at radius 3 is 2.89 bits per heavy atom. The van der Waals surface area contributed by atoms with E-state index in [1.807, 2.05) is 0 Å². The van der Waals surface area contributed by atoms with Gasteiger partial charge in [0, 0.05) is 6.07 Å². The Hall–Kier alpha value is -2.84. The minimum atomic E-state index is -0.374. The maximum atomic E-state index is 13.1. The van der Waals surface area contributed by atoms with Crippen LogP contribution in [0, 0.1) is 6.92 Å². The normalized spacial score (nSPS) is 11.1. The lowest BCUT2D eigenvalue weighted by Gasteiger charge is -2.16. The van der Waals surface area contributed by atoms with Gasteiger partial charge in [-0.25, -0.2) is 4.98 Å². The summed E-state index contributed by atoms with van der Waals surface area (Å²) in [5, 5.41) is 4.78. The van der Waals surface area contributed by atoms with E-state index >= 15 is 0 Å². The second kappa shape index (κ2) is 7.05. The van der Waals surface area contributed by atoms with Crippen LogP contribution in [0.1, 0.15) is 22.0 Å². The molecule has 1 amide bonds. The molecule has 3 aromatic heterocycles. The SMILES string of the molecule is COc1ccc(Cl)c2sc(N(Cc3ccco3)C(=O)c3cc(C)no3)nc12. The van der Waals surface area contributed by atoms with E-state index in [1.54, 1.807) is 50.6 Å². The summed E-state index contributed by atoms with van der Waals surface area (Å²) in [6, 6.07) is 8.61. The molecule has 138 valence electrons. The van der Waals surface area contributed by atoms with Crippen molar-refractivity contribution in [2.45, 2.75) is 13.5 Å². The molecule has 0 atom stereocenters. The molecule has 0 saturated heterocycles. The second-order valence-electron chi connectivity index (χ2n) is 5.73. The molecule has 9 heteroatoms. The molecule has 0 bridgehead atoms. The van der Waals surface area contributed by atoms with E-state index in [0.717, 1.165) is 4.70 Å². The average molecular weight is 404 g/mol. The number of fused-ring (bicyclic) bond motifs is 1. The minimum absolute atomic E-state index is 0.122. The summed E-state index contributed by atoms with van der Waals surface area (Å²) in [6.45, 7) is 1.94. The van der Waals surface area contributed by atoms with Gasteiger partial charge >= 0.3 is 0 Å². The van der Waals surface area contributed by atoms with Crippen LogP contribution >= 0.6 is 22.9 Å². The number of nitrogens with zero attached hydrogens (tertiary/aromatic N) is 3. The number of thiazole rings is 1. The molecule has 0 aliphatic carbocycles. The van der Waals surface area contributed by atoms with Gasteiger partial charge in [-0.1, -0.05) is 28.1 Å². The first-order valence-corrected chi connectivity index (χ1v) is 9.17. The Labute approximate surface area is 163 Å². The number of rotatable bonds is 5. The van der Waals surface area contributed by atoms with Crippen LogP contribution in [0.2, 0.25) is 5.02 Å². The van der Waals surface area contributed by atoms with E-state index in [-0.39, 0.29) is 18.2 Å². The molecule has 0 aliphatic rings. The first-order chi connectivity index (χ1) is 13.1. The van der Waals surface area contributed by atoms with Crippen LogP contribution in [-0.2, 0) is 6.54 Å². The van der Waals surface area contributed by atoms with Gasteiger partial charge in [-0.05, 0) is 31.2 Å². The number of anilines is 1. The van der Waals surface area contributed by atoms with Crippen LogP contribution in [0.3, 0.4) is 0 Å². The molecule has 0 spiro atoms. The number of aryl methyl sites for hydroxylation is 1. The van der Waals surface area contributed by atoms with Gasteiger partial charge in [-0.3, -0.25) is 9.69 Å². The van der Waals surface area contributed by atoms with E-state index in [9.17, 15) is 4.79 Å².